The zero-order valence-electron chi connectivity index (χ0n) is 10.8. The smallest absolute Gasteiger partial charge is 0.0743 e. The quantitative estimate of drug-likeness (QED) is 0.460. The number of hydrogen-bond acceptors (Lipinski definition) is 3. The normalized spacial score (nSPS) is 15.6. The first-order valence-corrected chi connectivity index (χ1v) is 6.32. The molecule has 0 aromatic carbocycles. The van der Waals surface area contributed by atoms with Gasteiger partial charge in [0.2, 0.25) is 0 Å². The zero-order valence-corrected chi connectivity index (χ0v) is 10.8. The highest BCUT2D eigenvalue weighted by Crippen LogP contribution is 2.20. The molecule has 3 nitrogen and oxygen atoms in total. The summed E-state index contributed by atoms with van der Waals surface area (Å²) in [5, 5.41) is 0. The lowest BCUT2D eigenvalue weighted by Crippen LogP contribution is -2.49. The summed E-state index contributed by atoms with van der Waals surface area (Å²) in [6.45, 7) is 9.43. The first-order chi connectivity index (χ1) is 7.24. The summed E-state index contributed by atoms with van der Waals surface area (Å²) < 4.78 is 5.78. The SMILES string of the molecule is CCCC(OCC)C(NN)C(CC)CC. The fraction of sp³-hybridized carbons (Fsp3) is 1.00. The third-order valence-corrected chi connectivity index (χ3v) is 3.10. The van der Waals surface area contributed by atoms with E-state index in [2.05, 4.69) is 26.2 Å². The molecule has 0 aliphatic heterocycles. The number of nitrogens with one attached hydrogen (secondary N) is 1. The Balaban J connectivity index is 4.40. The maximum absolute atomic E-state index is 5.78. The van der Waals surface area contributed by atoms with Crippen LogP contribution in [0.2, 0.25) is 0 Å². The van der Waals surface area contributed by atoms with E-state index in [9.17, 15) is 0 Å². The number of hydrogen-bond donors (Lipinski definition) is 2. The Kier molecular flexibility index (Phi) is 9.06. The molecule has 0 fully saturated rings. The highest BCUT2D eigenvalue weighted by Gasteiger charge is 2.26. The fourth-order valence-corrected chi connectivity index (χ4v) is 2.21. The molecule has 0 saturated carbocycles. The topological polar surface area (TPSA) is 47.3 Å². The predicted molar refractivity (Wildman–Crippen MR) is 65.5 cm³/mol. The zero-order chi connectivity index (χ0) is 11.7. The van der Waals surface area contributed by atoms with Crippen LogP contribution in [0.25, 0.3) is 0 Å². The summed E-state index contributed by atoms with van der Waals surface area (Å²) in [4.78, 5) is 0. The van der Waals surface area contributed by atoms with Crippen molar-refractivity contribution in [2.75, 3.05) is 6.61 Å². The second-order valence-corrected chi connectivity index (χ2v) is 4.05. The van der Waals surface area contributed by atoms with Gasteiger partial charge in [0.15, 0.2) is 0 Å². The molecule has 0 radical (unpaired) electrons. The Hall–Kier alpha value is -0.120. The van der Waals surface area contributed by atoms with E-state index in [0.29, 0.717) is 12.0 Å². The third-order valence-electron chi connectivity index (χ3n) is 3.10. The van der Waals surface area contributed by atoms with Crippen LogP contribution in [-0.2, 0) is 4.74 Å². The average Bonchev–Trinajstić information content (AvgIpc) is 2.25. The predicted octanol–water partition coefficient (Wildman–Crippen LogP) is 2.46. The van der Waals surface area contributed by atoms with Crippen LogP contribution in [0.1, 0.15) is 53.4 Å². The van der Waals surface area contributed by atoms with E-state index < -0.39 is 0 Å². The van der Waals surface area contributed by atoms with E-state index in [0.717, 1.165) is 32.3 Å². The van der Waals surface area contributed by atoms with Gasteiger partial charge in [0, 0.05) is 6.61 Å². The monoisotopic (exact) mass is 216 g/mol. The van der Waals surface area contributed by atoms with Gasteiger partial charge in [-0.2, -0.15) is 0 Å². The van der Waals surface area contributed by atoms with E-state index in [-0.39, 0.29) is 6.10 Å². The molecule has 0 amide bonds. The number of nitrogens with two attached hydrogens (primary N) is 1. The van der Waals surface area contributed by atoms with Gasteiger partial charge in [-0.25, -0.2) is 0 Å². The van der Waals surface area contributed by atoms with Crippen molar-refractivity contribution in [3.63, 3.8) is 0 Å². The van der Waals surface area contributed by atoms with Gasteiger partial charge < -0.3 is 4.74 Å². The molecular formula is C12H28N2O. The van der Waals surface area contributed by atoms with Crippen LogP contribution < -0.4 is 11.3 Å². The molecule has 0 heterocycles. The molecule has 3 N–H and O–H groups in total. The molecule has 92 valence electrons. The highest BCUT2D eigenvalue weighted by molar-refractivity contribution is 4.81. The van der Waals surface area contributed by atoms with Gasteiger partial charge in [0.1, 0.15) is 0 Å². The summed E-state index contributed by atoms with van der Waals surface area (Å²) in [6, 6.07) is 0.292. The largest absolute Gasteiger partial charge is 0.377 e. The second-order valence-electron chi connectivity index (χ2n) is 4.05. The fourth-order valence-electron chi connectivity index (χ4n) is 2.21. The van der Waals surface area contributed by atoms with Gasteiger partial charge in [-0.05, 0) is 19.3 Å². The molecule has 0 aromatic rings. The minimum absolute atomic E-state index is 0.259. The third kappa shape index (κ3) is 4.96. The van der Waals surface area contributed by atoms with Crippen molar-refractivity contribution in [2.45, 2.75) is 65.5 Å². The van der Waals surface area contributed by atoms with Crippen LogP contribution in [0.3, 0.4) is 0 Å². The number of hydrazine groups is 1. The molecule has 0 rings (SSSR count). The Labute approximate surface area is 94.7 Å². The minimum atomic E-state index is 0.259. The van der Waals surface area contributed by atoms with E-state index >= 15 is 0 Å². The lowest BCUT2D eigenvalue weighted by molar-refractivity contribution is 0.0101. The molecule has 0 aliphatic rings. The Morgan fingerprint density at radius 3 is 2.07 bits per heavy atom. The van der Waals surface area contributed by atoms with Crippen molar-refractivity contribution in [1.82, 2.24) is 5.43 Å². The molecule has 0 saturated heterocycles. The van der Waals surface area contributed by atoms with Crippen molar-refractivity contribution in [3.8, 4) is 0 Å². The maximum atomic E-state index is 5.78. The van der Waals surface area contributed by atoms with E-state index in [1.54, 1.807) is 0 Å². The molecular weight excluding hydrogens is 188 g/mol. The van der Waals surface area contributed by atoms with Crippen LogP contribution in [0.5, 0.6) is 0 Å². The van der Waals surface area contributed by atoms with Gasteiger partial charge >= 0.3 is 0 Å². The first kappa shape index (κ1) is 14.9. The van der Waals surface area contributed by atoms with E-state index in [1.807, 2.05) is 6.92 Å². The van der Waals surface area contributed by atoms with E-state index in [4.69, 9.17) is 10.6 Å². The molecule has 2 atom stereocenters. The van der Waals surface area contributed by atoms with Crippen LogP contribution in [0.4, 0.5) is 0 Å². The summed E-state index contributed by atoms with van der Waals surface area (Å²) in [5.74, 6) is 6.27. The van der Waals surface area contributed by atoms with Gasteiger partial charge in [0.05, 0.1) is 12.1 Å². The Bertz CT molecular complexity index is 132. The van der Waals surface area contributed by atoms with Crippen LogP contribution in [0, 0.1) is 5.92 Å². The summed E-state index contributed by atoms with van der Waals surface area (Å²) in [5.41, 5.74) is 2.95. The van der Waals surface area contributed by atoms with Gasteiger partial charge in [0.25, 0.3) is 0 Å². The van der Waals surface area contributed by atoms with Crippen LogP contribution in [0.15, 0.2) is 0 Å². The molecule has 3 heteroatoms. The lowest BCUT2D eigenvalue weighted by Gasteiger charge is -2.32. The van der Waals surface area contributed by atoms with E-state index in [1.165, 1.54) is 0 Å². The maximum Gasteiger partial charge on any atom is 0.0743 e. The summed E-state index contributed by atoms with van der Waals surface area (Å²) in [7, 11) is 0. The lowest BCUT2D eigenvalue weighted by atomic mass is 9.89. The minimum Gasteiger partial charge on any atom is -0.377 e. The van der Waals surface area contributed by atoms with Crippen molar-refractivity contribution >= 4 is 0 Å². The summed E-state index contributed by atoms with van der Waals surface area (Å²) in [6.07, 6.45) is 4.79. The van der Waals surface area contributed by atoms with Crippen LogP contribution in [-0.4, -0.2) is 18.8 Å². The standard InChI is InChI=1S/C12H28N2O/c1-5-9-11(15-8-4)12(14-13)10(6-2)7-3/h10-12,14H,5-9,13H2,1-4H3. The molecule has 0 bridgehead atoms. The summed E-state index contributed by atoms with van der Waals surface area (Å²) >= 11 is 0. The van der Waals surface area contributed by atoms with Crippen molar-refractivity contribution in [2.24, 2.45) is 11.8 Å². The molecule has 2 unspecified atom stereocenters. The van der Waals surface area contributed by atoms with Gasteiger partial charge in [-0.15, -0.1) is 0 Å². The number of rotatable bonds is 9. The molecule has 0 aliphatic carbocycles. The van der Waals surface area contributed by atoms with Crippen molar-refractivity contribution in [3.05, 3.63) is 0 Å². The highest BCUT2D eigenvalue weighted by atomic mass is 16.5. The second kappa shape index (κ2) is 9.13. The molecule has 15 heavy (non-hydrogen) atoms. The number of ether oxygens (including phenoxy) is 1. The molecule has 0 aromatic heterocycles. The van der Waals surface area contributed by atoms with Gasteiger partial charge in [-0.1, -0.05) is 40.0 Å². The average molecular weight is 216 g/mol. The Morgan fingerprint density at radius 1 is 1.13 bits per heavy atom. The Morgan fingerprint density at radius 2 is 1.73 bits per heavy atom. The van der Waals surface area contributed by atoms with Crippen molar-refractivity contribution in [1.29, 1.82) is 0 Å². The van der Waals surface area contributed by atoms with Gasteiger partial charge in [-0.3, -0.25) is 11.3 Å². The van der Waals surface area contributed by atoms with Crippen LogP contribution >= 0.6 is 0 Å². The van der Waals surface area contributed by atoms with Crippen molar-refractivity contribution < 1.29 is 4.74 Å². The first-order valence-electron chi connectivity index (χ1n) is 6.32. The molecule has 0 spiro atoms.